The van der Waals surface area contributed by atoms with Gasteiger partial charge in [-0.2, -0.15) is 0 Å². The Balaban J connectivity index is 1.86. The van der Waals surface area contributed by atoms with Crippen molar-refractivity contribution in [2.45, 2.75) is 11.8 Å². The minimum atomic E-state index is -4.23. The Hall–Kier alpha value is -3.92. The summed E-state index contributed by atoms with van der Waals surface area (Å²) in [4.78, 5) is 37.5. The first-order valence-corrected chi connectivity index (χ1v) is 10.6. The van der Waals surface area contributed by atoms with E-state index < -0.39 is 39.1 Å². The molecule has 10 heteroatoms. The Labute approximate surface area is 176 Å². The third-order valence-electron chi connectivity index (χ3n) is 5.04. The topological polar surface area (TPSA) is 141 Å². The number of carbonyl (C=O) groups is 3. The van der Waals surface area contributed by atoms with Crippen LogP contribution in [-0.4, -0.2) is 47.9 Å². The van der Waals surface area contributed by atoms with Gasteiger partial charge in [0.25, 0.3) is 21.8 Å². The largest absolute Gasteiger partial charge is 0.507 e. The van der Waals surface area contributed by atoms with Gasteiger partial charge >= 0.3 is 5.97 Å². The van der Waals surface area contributed by atoms with Crippen molar-refractivity contribution in [2.24, 2.45) is 0 Å². The van der Waals surface area contributed by atoms with Crippen molar-refractivity contribution in [3.63, 3.8) is 0 Å². The Morgan fingerprint density at radius 3 is 2.35 bits per heavy atom. The molecule has 1 aliphatic rings. The predicted molar refractivity (Wildman–Crippen MR) is 111 cm³/mol. The molecule has 2 amide bonds. The summed E-state index contributed by atoms with van der Waals surface area (Å²) in [7, 11) is -4.23. The number of hydrogen-bond donors (Lipinski definition) is 3. The van der Waals surface area contributed by atoms with Gasteiger partial charge in [-0.1, -0.05) is 12.1 Å². The van der Waals surface area contributed by atoms with Gasteiger partial charge in [-0.05, 0) is 43.3 Å². The Bertz CT molecular complexity index is 1370. The molecule has 0 fully saturated rings. The zero-order valence-corrected chi connectivity index (χ0v) is 16.9. The van der Waals surface area contributed by atoms with E-state index in [-0.39, 0.29) is 39.0 Å². The van der Waals surface area contributed by atoms with Crippen LogP contribution in [0.4, 0.5) is 5.69 Å². The molecule has 0 spiro atoms. The van der Waals surface area contributed by atoms with Crippen LogP contribution < -0.4 is 4.72 Å². The summed E-state index contributed by atoms with van der Waals surface area (Å²) in [5.74, 6) is -2.93. The van der Waals surface area contributed by atoms with E-state index in [1.807, 2.05) is 0 Å². The van der Waals surface area contributed by atoms with Gasteiger partial charge in [0.1, 0.15) is 11.3 Å². The number of carboxylic acids is 1. The molecule has 3 aromatic rings. The zero-order valence-electron chi connectivity index (χ0n) is 16.1. The van der Waals surface area contributed by atoms with Crippen LogP contribution in [0, 0.1) is 0 Å². The number of benzene rings is 3. The first kappa shape index (κ1) is 20.4. The third kappa shape index (κ3) is 3.17. The van der Waals surface area contributed by atoms with Gasteiger partial charge in [-0.3, -0.25) is 19.2 Å². The lowest BCUT2D eigenvalue weighted by atomic mass is 9.94. The second-order valence-corrected chi connectivity index (χ2v) is 8.49. The summed E-state index contributed by atoms with van der Waals surface area (Å²) < 4.78 is 28.5. The number of carbonyl (C=O) groups excluding carboxylic acids is 2. The van der Waals surface area contributed by atoms with E-state index in [9.17, 15) is 27.9 Å². The first-order chi connectivity index (χ1) is 14.7. The van der Waals surface area contributed by atoms with E-state index >= 15 is 0 Å². The Morgan fingerprint density at radius 1 is 1.03 bits per heavy atom. The van der Waals surface area contributed by atoms with Crippen LogP contribution in [0.1, 0.15) is 38.0 Å². The van der Waals surface area contributed by atoms with Crippen LogP contribution in [0.2, 0.25) is 0 Å². The molecular weight excluding hydrogens is 424 g/mol. The summed E-state index contributed by atoms with van der Waals surface area (Å²) in [5.41, 5.74) is -0.0828. The van der Waals surface area contributed by atoms with Crippen LogP contribution in [0.3, 0.4) is 0 Å². The number of rotatable bonds is 5. The molecule has 1 heterocycles. The van der Waals surface area contributed by atoms with E-state index in [0.717, 1.165) is 17.0 Å². The first-order valence-electron chi connectivity index (χ1n) is 9.16. The predicted octanol–water partition coefficient (Wildman–Crippen LogP) is 2.66. The van der Waals surface area contributed by atoms with Gasteiger partial charge in [0.2, 0.25) is 0 Å². The average molecular weight is 440 g/mol. The second-order valence-electron chi connectivity index (χ2n) is 6.84. The molecule has 0 unspecified atom stereocenters. The zero-order chi connectivity index (χ0) is 22.5. The maximum absolute atomic E-state index is 13.1. The highest BCUT2D eigenvalue weighted by atomic mass is 32.2. The number of amides is 2. The van der Waals surface area contributed by atoms with Crippen LogP contribution in [0.15, 0.2) is 53.4 Å². The maximum atomic E-state index is 13.1. The lowest BCUT2D eigenvalue weighted by Crippen LogP contribution is -2.40. The molecule has 0 atom stereocenters. The summed E-state index contributed by atoms with van der Waals surface area (Å²) in [6.07, 6.45) is 0. The standard InChI is InChI=1S/C21H16N2O7S/c1-2-23-19(25)13-5-3-4-12-17(9-7-14(18(12)13)20(23)26)31(29,30)22-11-6-8-16(24)15(10-11)21(27)28/h3-10,22,24H,2H2,1H3,(H,27,28). The van der Waals surface area contributed by atoms with Gasteiger partial charge in [0, 0.05) is 34.1 Å². The van der Waals surface area contributed by atoms with E-state index in [1.54, 1.807) is 6.92 Å². The van der Waals surface area contributed by atoms with Crippen molar-refractivity contribution in [3.8, 4) is 5.75 Å². The van der Waals surface area contributed by atoms with Crippen LogP contribution >= 0.6 is 0 Å². The maximum Gasteiger partial charge on any atom is 0.339 e. The highest BCUT2D eigenvalue weighted by Gasteiger charge is 2.33. The number of nitrogens with one attached hydrogen (secondary N) is 1. The summed E-state index contributed by atoms with van der Waals surface area (Å²) in [6.45, 7) is 1.86. The van der Waals surface area contributed by atoms with Crippen molar-refractivity contribution in [2.75, 3.05) is 11.3 Å². The lowest BCUT2D eigenvalue weighted by molar-refractivity contribution is 0.0617. The molecule has 31 heavy (non-hydrogen) atoms. The van der Waals surface area contributed by atoms with Crippen molar-refractivity contribution in [1.82, 2.24) is 4.90 Å². The van der Waals surface area contributed by atoms with E-state index in [4.69, 9.17) is 5.11 Å². The van der Waals surface area contributed by atoms with Crippen molar-refractivity contribution >= 4 is 44.3 Å². The van der Waals surface area contributed by atoms with Crippen LogP contribution in [0.5, 0.6) is 5.75 Å². The molecule has 0 saturated carbocycles. The number of nitrogens with zero attached hydrogens (tertiary/aromatic N) is 1. The molecule has 158 valence electrons. The van der Waals surface area contributed by atoms with Crippen LogP contribution in [0.25, 0.3) is 10.8 Å². The van der Waals surface area contributed by atoms with E-state index in [2.05, 4.69) is 4.72 Å². The molecule has 3 N–H and O–H groups in total. The second kappa shape index (κ2) is 7.10. The Morgan fingerprint density at radius 2 is 1.71 bits per heavy atom. The number of sulfonamides is 1. The molecule has 0 saturated heterocycles. The average Bonchev–Trinajstić information content (AvgIpc) is 2.73. The summed E-state index contributed by atoms with van der Waals surface area (Å²) in [6, 6.07) is 10.5. The highest BCUT2D eigenvalue weighted by Crippen LogP contribution is 2.34. The number of imide groups is 1. The van der Waals surface area contributed by atoms with E-state index in [1.165, 1.54) is 36.4 Å². The highest BCUT2D eigenvalue weighted by molar-refractivity contribution is 7.93. The fraction of sp³-hybridized carbons (Fsp3) is 0.0952. The molecule has 4 rings (SSSR count). The van der Waals surface area contributed by atoms with Crippen molar-refractivity contribution in [1.29, 1.82) is 0 Å². The fourth-order valence-electron chi connectivity index (χ4n) is 3.62. The lowest BCUT2D eigenvalue weighted by Gasteiger charge is -2.26. The number of phenols is 1. The normalized spacial score (nSPS) is 13.5. The number of hydrogen-bond acceptors (Lipinski definition) is 6. The molecule has 0 bridgehead atoms. The van der Waals surface area contributed by atoms with Crippen molar-refractivity contribution in [3.05, 3.63) is 65.2 Å². The van der Waals surface area contributed by atoms with Crippen molar-refractivity contribution < 1.29 is 33.0 Å². The molecule has 0 radical (unpaired) electrons. The fourth-order valence-corrected chi connectivity index (χ4v) is 4.88. The van der Waals surface area contributed by atoms with Gasteiger partial charge in [0.05, 0.1) is 4.90 Å². The SMILES string of the molecule is CCN1C(=O)c2cccc3c(S(=O)(=O)Nc4ccc(O)c(C(=O)O)c4)ccc(c23)C1=O. The van der Waals surface area contributed by atoms with Gasteiger partial charge in [-0.25, -0.2) is 13.2 Å². The Kier molecular flexibility index (Phi) is 4.66. The minimum Gasteiger partial charge on any atom is -0.507 e. The van der Waals surface area contributed by atoms with Gasteiger partial charge in [-0.15, -0.1) is 0 Å². The quantitative estimate of drug-likeness (QED) is 0.409. The van der Waals surface area contributed by atoms with Gasteiger partial charge < -0.3 is 10.2 Å². The third-order valence-corrected chi connectivity index (χ3v) is 6.48. The number of aromatic hydroxyl groups is 1. The molecule has 0 aliphatic carbocycles. The molecule has 0 aromatic heterocycles. The smallest absolute Gasteiger partial charge is 0.339 e. The molecule has 9 nitrogen and oxygen atoms in total. The summed E-state index contributed by atoms with van der Waals surface area (Å²) in [5, 5.41) is 19.2. The number of aromatic carboxylic acids is 1. The van der Waals surface area contributed by atoms with Crippen LogP contribution in [-0.2, 0) is 10.0 Å². The minimum absolute atomic E-state index is 0.0695. The summed E-state index contributed by atoms with van der Waals surface area (Å²) >= 11 is 0. The molecule has 3 aromatic carbocycles. The number of anilines is 1. The van der Waals surface area contributed by atoms with E-state index in [0.29, 0.717) is 0 Å². The number of carboxylic acid groups (broad SMARTS) is 1. The molecule has 1 aliphatic heterocycles. The molecular formula is C21H16N2O7S. The monoisotopic (exact) mass is 440 g/mol. The van der Waals surface area contributed by atoms with Gasteiger partial charge in [0.15, 0.2) is 0 Å².